The largest absolute Gasteiger partial charge is 0.376 e. The number of hydrogen-bond donors (Lipinski definition) is 1. The van der Waals surface area contributed by atoms with Gasteiger partial charge in [-0.15, -0.1) is 0 Å². The summed E-state index contributed by atoms with van der Waals surface area (Å²) in [6, 6.07) is 8.74. The molecular formula is C16H25NO. The first kappa shape index (κ1) is 13.6. The molecule has 18 heavy (non-hydrogen) atoms. The van der Waals surface area contributed by atoms with Crippen LogP contribution in [0.1, 0.15) is 44.4 Å². The summed E-state index contributed by atoms with van der Waals surface area (Å²) in [5, 5.41) is 0. The van der Waals surface area contributed by atoms with E-state index in [1.54, 1.807) is 0 Å². The van der Waals surface area contributed by atoms with Gasteiger partial charge in [-0.2, -0.15) is 0 Å². The lowest BCUT2D eigenvalue weighted by molar-refractivity contribution is 0.0725. The number of nitrogens with two attached hydrogens (primary N) is 1. The van der Waals surface area contributed by atoms with Crippen molar-refractivity contribution in [3.05, 3.63) is 35.4 Å². The fraction of sp³-hybridized carbons (Fsp3) is 0.625. The first-order valence-electron chi connectivity index (χ1n) is 7.04. The van der Waals surface area contributed by atoms with Crippen LogP contribution in [-0.4, -0.2) is 12.7 Å². The average Bonchev–Trinajstić information content (AvgIpc) is 2.75. The molecule has 100 valence electrons. The van der Waals surface area contributed by atoms with Crippen LogP contribution < -0.4 is 5.73 Å². The summed E-state index contributed by atoms with van der Waals surface area (Å²) >= 11 is 0. The predicted octanol–water partition coefficient (Wildman–Crippen LogP) is 3.31. The Bertz CT molecular complexity index is 371. The zero-order valence-corrected chi connectivity index (χ0v) is 11.7. The Kier molecular flexibility index (Phi) is 4.41. The third-order valence-corrected chi connectivity index (χ3v) is 3.81. The Balaban J connectivity index is 2.04. The summed E-state index contributed by atoms with van der Waals surface area (Å²) < 4.78 is 5.75. The molecule has 1 aromatic rings. The molecule has 2 heteroatoms. The van der Waals surface area contributed by atoms with E-state index in [0.29, 0.717) is 11.8 Å². The quantitative estimate of drug-likeness (QED) is 0.886. The van der Waals surface area contributed by atoms with E-state index in [4.69, 9.17) is 10.5 Å². The fourth-order valence-corrected chi connectivity index (χ4v) is 2.71. The van der Waals surface area contributed by atoms with E-state index in [1.807, 2.05) is 0 Å². The highest BCUT2D eigenvalue weighted by Gasteiger charge is 2.30. The molecule has 0 aromatic heterocycles. The summed E-state index contributed by atoms with van der Waals surface area (Å²) in [7, 11) is 0. The zero-order valence-electron chi connectivity index (χ0n) is 11.7. The van der Waals surface area contributed by atoms with E-state index in [1.165, 1.54) is 11.1 Å². The Morgan fingerprint density at radius 1 is 1.28 bits per heavy atom. The summed E-state index contributed by atoms with van der Waals surface area (Å²) in [6.07, 6.45) is 2.44. The lowest BCUT2D eigenvalue weighted by Crippen LogP contribution is -2.29. The highest BCUT2D eigenvalue weighted by atomic mass is 16.5. The second kappa shape index (κ2) is 5.85. The Hall–Kier alpha value is -0.860. The Morgan fingerprint density at radius 2 is 1.94 bits per heavy atom. The van der Waals surface area contributed by atoms with E-state index in [9.17, 15) is 0 Å². The van der Waals surface area contributed by atoms with Crippen molar-refractivity contribution in [2.75, 3.05) is 6.61 Å². The molecule has 1 fully saturated rings. The summed E-state index contributed by atoms with van der Waals surface area (Å²) in [5.74, 6) is 1.26. The minimum atomic E-state index is 0.00981. The average molecular weight is 247 g/mol. The van der Waals surface area contributed by atoms with E-state index < -0.39 is 0 Å². The highest BCUT2D eigenvalue weighted by Crippen LogP contribution is 2.29. The first-order valence-corrected chi connectivity index (χ1v) is 7.04. The smallest absolute Gasteiger partial charge is 0.0793 e. The van der Waals surface area contributed by atoms with Crippen molar-refractivity contribution in [2.45, 2.75) is 45.8 Å². The number of ether oxygens (including phenoxy) is 1. The van der Waals surface area contributed by atoms with Gasteiger partial charge in [0, 0.05) is 6.61 Å². The number of hydrogen-bond acceptors (Lipinski definition) is 2. The van der Waals surface area contributed by atoms with Crippen LogP contribution in [0.4, 0.5) is 0 Å². The maximum absolute atomic E-state index is 6.32. The third-order valence-electron chi connectivity index (χ3n) is 3.81. The molecule has 2 nitrogen and oxygen atoms in total. The Morgan fingerprint density at radius 3 is 2.44 bits per heavy atom. The van der Waals surface area contributed by atoms with Gasteiger partial charge in [0.25, 0.3) is 0 Å². The topological polar surface area (TPSA) is 35.2 Å². The number of benzene rings is 1. The molecule has 3 unspecified atom stereocenters. The molecular weight excluding hydrogens is 222 g/mol. The van der Waals surface area contributed by atoms with Gasteiger partial charge in [0.15, 0.2) is 0 Å². The van der Waals surface area contributed by atoms with Crippen LogP contribution in [0.3, 0.4) is 0 Å². The molecule has 0 spiro atoms. The lowest BCUT2D eigenvalue weighted by atomic mass is 9.92. The molecule has 1 saturated heterocycles. The molecule has 1 aliphatic rings. The van der Waals surface area contributed by atoms with Crippen molar-refractivity contribution in [3.8, 4) is 0 Å². The molecule has 3 atom stereocenters. The second-order valence-corrected chi connectivity index (χ2v) is 5.97. The zero-order chi connectivity index (χ0) is 13.1. The van der Waals surface area contributed by atoms with E-state index in [0.717, 1.165) is 19.4 Å². The second-order valence-electron chi connectivity index (χ2n) is 5.97. The SMILES string of the molecule is CC(C)Cc1ccc(C(N)C2OCCC2C)cc1. The summed E-state index contributed by atoms with van der Waals surface area (Å²) in [6.45, 7) is 7.57. The maximum Gasteiger partial charge on any atom is 0.0793 e. The minimum absolute atomic E-state index is 0.00981. The van der Waals surface area contributed by atoms with Crippen molar-refractivity contribution >= 4 is 0 Å². The molecule has 0 amide bonds. The van der Waals surface area contributed by atoms with Crippen LogP contribution in [0.25, 0.3) is 0 Å². The van der Waals surface area contributed by atoms with Crippen molar-refractivity contribution in [1.82, 2.24) is 0 Å². The van der Waals surface area contributed by atoms with Crippen molar-refractivity contribution in [2.24, 2.45) is 17.6 Å². The molecule has 1 aromatic carbocycles. The van der Waals surface area contributed by atoms with Crippen LogP contribution >= 0.6 is 0 Å². The van der Waals surface area contributed by atoms with Gasteiger partial charge in [0.2, 0.25) is 0 Å². The van der Waals surface area contributed by atoms with Gasteiger partial charge in [0.05, 0.1) is 12.1 Å². The van der Waals surface area contributed by atoms with Gasteiger partial charge in [-0.1, -0.05) is 45.0 Å². The summed E-state index contributed by atoms with van der Waals surface area (Å²) in [4.78, 5) is 0. The number of rotatable bonds is 4. The monoisotopic (exact) mass is 247 g/mol. The molecule has 1 aliphatic heterocycles. The van der Waals surface area contributed by atoms with Crippen LogP contribution in [0.15, 0.2) is 24.3 Å². The van der Waals surface area contributed by atoms with Gasteiger partial charge in [0.1, 0.15) is 0 Å². The standard InChI is InChI=1S/C16H25NO/c1-11(2)10-13-4-6-14(7-5-13)15(17)16-12(3)8-9-18-16/h4-7,11-12,15-16H,8-10,17H2,1-3H3. The fourth-order valence-electron chi connectivity index (χ4n) is 2.71. The highest BCUT2D eigenvalue weighted by molar-refractivity contribution is 5.26. The maximum atomic E-state index is 6.32. The molecule has 1 heterocycles. The minimum Gasteiger partial charge on any atom is -0.376 e. The van der Waals surface area contributed by atoms with E-state index >= 15 is 0 Å². The molecule has 2 rings (SSSR count). The normalized spacial score (nSPS) is 25.6. The molecule has 0 radical (unpaired) electrons. The Labute approximate surface area is 111 Å². The van der Waals surface area contributed by atoms with Crippen LogP contribution in [0.2, 0.25) is 0 Å². The van der Waals surface area contributed by atoms with Crippen molar-refractivity contribution in [3.63, 3.8) is 0 Å². The van der Waals surface area contributed by atoms with Gasteiger partial charge in [-0.05, 0) is 35.8 Å². The van der Waals surface area contributed by atoms with Crippen molar-refractivity contribution in [1.29, 1.82) is 0 Å². The molecule has 2 N–H and O–H groups in total. The molecule has 0 aliphatic carbocycles. The van der Waals surface area contributed by atoms with Crippen LogP contribution in [-0.2, 0) is 11.2 Å². The van der Waals surface area contributed by atoms with Gasteiger partial charge in [-0.25, -0.2) is 0 Å². The van der Waals surface area contributed by atoms with E-state index in [-0.39, 0.29) is 12.1 Å². The lowest BCUT2D eigenvalue weighted by Gasteiger charge is -2.23. The molecule has 0 bridgehead atoms. The molecule has 0 saturated carbocycles. The third kappa shape index (κ3) is 3.12. The van der Waals surface area contributed by atoms with Crippen LogP contribution in [0.5, 0.6) is 0 Å². The summed E-state index contributed by atoms with van der Waals surface area (Å²) in [5.41, 5.74) is 8.90. The van der Waals surface area contributed by atoms with Crippen molar-refractivity contribution < 1.29 is 4.74 Å². The first-order chi connectivity index (χ1) is 8.58. The van der Waals surface area contributed by atoms with Crippen LogP contribution in [0, 0.1) is 11.8 Å². The van der Waals surface area contributed by atoms with Gasteiger partial charge < -0.3 is 10.5 Å². The predicted molar refractivity (Wildman–Crippen MR) is 75.4 cm³/mol. The van der Waals surface area contributed by atoms with Gasteiger partial charge >= 0.3 is 0 Å². The van der Waals surface area contributed by atoms with E-state index in [2.05, 4.69) is 45.0 Å². The van der Waals surface area contributed by atoms with Gasteiger partial charge in [-0.3, -0.25) is 0 Å².